The van der Waals surface area contributed by atoms with Gasteiger partial charge < -0.3 is 4.57 Å². The number of benzene rings is 6. The van der Waals surface area contributed by atoms with Crippen molar-refractivity contribution in [1.29, 1.82) is 0 Å². The Balaban J connectivity index is 0.000000201. The summed E-state index contributed by atoms with van der Waals surface area (Å²) in [6.07, 6.45) is 0. The van der Waals surface area contributed by atoms with Gasteiger partial charge >= 0.3 is 0 Å². The van der Waals surface area contributed by atoms with Crippen LogP contribution in [0.25, 0.3) is 53.9 Å². The van der Waals surface area contributed by atoms with Crippen LogP contribution in [0.4, 0.5) is 11.6 Å². The minimum Gasteiger partial charge on any atom is -0.313 e. The lowest BCUT2D eigenvalue weighted by atomic mass is 9.80. The largest absolute Gasteiger partial charge is 0.313 e. The molecule has 7 aromatic rings. The van der Waals surface area contributed by atoms with Gasteiger partial charge in [0.05, 0.1) is 31.9 Å². The Labute approximate surface area is 364 Å². The van der Waals surface area contributed by atoms with E-state index in [4.69, 9.17) is 0 Å². The van der Waals surface area contributed by atoms with Crippen molar-refractivity contribution in [3.05, 3.63) is 100 Å². The lowest BCUT2D eigenvalue weighted by Crippen LogP contribution is -2.16. The highest BCUT2D eigenvalue weighted by molar-refractivity contribution is 6.26. The molecule has 1 aromatic heterocycles. The molecule has 1 aliphatic rings. The van der Waals surface area contributed by atoms with Crippen LogP contribution < -0.4 is 0 Å². The van der Waals surface area contributed by atoms with Crippen molar-refractivity contribution < 1.29 is 4.58 Å². The SMILES string of the molecule is C.C=NC1=[N+](C)C(=NC)c2c1c(C)c1c(C)c(C)c3c(C)c(C)c(C)c(C)c3c1c2C.C=Nc1c2c(C)c3c(C)c(C)c4c(C)c(C)c(C)c(C)c4c3c(C)c2c(N=C)n1C. The second-order valence-corrected chi connectivity index (χ2v) is 17.6. The second-order valence-electron chi connectivity index (χ2n) is 17.6. The summed E-state index contributed by atoms with van der Waals surface area (Å²) in [6.45, 7) is 47.7. The maximum Gasteiger partial charge on any atom is 0.270 e. The topological polar surface area (TPSA) is 57.4 Å². The van der Waals surface area contributed by atoms with Crippen molar-refractivity contribution in [3.8, 4) is 0 Å². The number of hydrogen-bond acceptors (Lipinski definition) is 4. The molecule has 0 radical (unpaired) electrons. The fourth-order valence-electron chi connectivity index (χ4n) is 11.3. The van der Waals surface area contributed by atoms with E-state index >= 15 is 0 Å². The fraction of sp³-hybridized carbons (Fsp3) is 0.364. The molecule has 6 aromatic carbocycles. The van der Waals surface area contributed by atoms with Crippen molar-refractivity contribution >= 4 is 97.3 Å². The molecule has 0 aliphatic carbocycles. The number of nitrogens with zero attached hydrogens (tertiary/aromatic N) is 6. The maximum atomic E-state index is 4.64. The summed E-state index contributed by atoms with van der Waals surface area (Å²) in [4.78, 5) is 17.8. The van der Waals surface area contributed by atoms with Gasteiger partial charge in [0.25, 0.3) is 11.7 Å². The van der Waals surface area contributed by atoms with Crippen LogP contribution in [0.5, 0.6) is 0 Å². The number of hydrogen-bond donors (Lipinski definition) is 0. The first-order valence-corrected chi connectivity index (χ1v) is 21.1. The first kappa shape index (κ1) is 44.8. The molecule has 8 rings (SSSR count). The highest BCUT2D eigenvalue weighted by Gasteiger charge is 2.36. The molecule has 0 unspecified atom stereocenters. The van der Waals surface area contributed by atoms with E-state index in [9.17, 15) is 0 Å². The van der Waals surface area contributed by atoms with E-state index in [0.29, 0.717) is 0 Å². The van der Waals surface area contributed by atoms with E-state index in [2.05, 4.69) is 155 Å². The lowest BCUT2D eigenvalue weighted by Gasteiger charge is -2.23. The van der Waals surface area contributed by atoms with Crippen LogP contribution in [0.1, 0.15) is 108 Å². The first-order chi connectivity index (χ1) is 28.2. The predicted octanol–water partition coefficient (Wildman–Crippen LogP) is 14.2. The number of aryl methyl sites for hydroxylation is 12. The maximum absolute atomic E-state index is 4.64. The summed E-state index contributed by atoms with van der Waals surface area (Å²) in [6, 6.07) is 0. The first-order valence-electron chi connectivity index (χ1n) is 21.1. The zero-order valence-corrected chi connectivity index (χ0v) is 39.8. The molecule has 6 heteroatoms. The third-order valence-electron chi connectivity index (χ3n) is 15.3. The summed E-state index contributed by atoms with van der Waals surface area (Å²) >= 11 is 0. The van der Waals surface area contributed by atoms with Crippen LogP contribution in [0.15, 0.2) is 20.0 Å². The van der Waals surface area contributed by atoms with E-state index < -0.39 is 0 Å². The van der Waals surface area contributed by atoms with Gasteiger partial charge in [-0.25, -0.2) is 14.6 Å². The molecule has 0 amide bonds. The number of aromatic nitrogens is 1. The Morgan fingerprint density at radius 3 is 1.00 bits per heavy atom. The standard InChI is InChI=1S/C27H32N3.C27H31N3.CH4/c2*1-12-13(2)15(4)22-20(14(12)3)16(5)17(6)21-18(7)24-25(19(8)23(21)22)27(29-10)30(11)26(24)28-9;/h9H2,1-8,10-11H3;9-10H2,1-8,11H3;1H4/q+1;;. The Hall–Kier alpha value is -5.75. The van der Waals surface area contributed by atoms with Crippen LogP contribution in [-0.4, -0.2) is 55.1 Å². The second kappa shape index (κ2) is 15.3. The third kappa shape index (κ3) is 5.63. The zero-order valence-electron chi connectivity index (χ0n) is 39.8. The lowest BCUT2D eigenvalue weighted by molar-refractivity contribution is -0.367. The van der Waals surface area contributed by atoms with Gasteiger partial charge in [-0.1, -0.05) is 7.43 Å². The van der Waals surface area contributed by atoms with Crippen LogP contribution >= 0.6 is 0 Å². The summed E-state index contributed by atoms with van der Waals surface area (Å²) in [5, 5.41) is 13.3. The Bertz CT molecular complexity index is 3270. The Kier molecular flexibility index (Phi) is 11.2. The zero-order chi connectivity index (χ0) is 44.5. The number of rotatable bonds is 2. The molecule has 61 heavy (non-hydrogen) atoms. The third-order valence-corrected chi connectivity index (χ3v) is 15.3. The number of aliphatic imine (C=N–C) groups is 4. The van der Waals surface area contributed by atoms with Gasteiger partial charge in [0.1, 0.15) is 11.6 Å². The summed E-state index contributed by atoms with van der Waals surface area (Å²) in [7, 11) is 5.90. The summed E-state index contributed by atoms with van der Waals surface area (Å²) < 4.78 is 4.09. The van der Waals surface area contributed by atoms with Crippen molar-refractivity contribution in [1.82, 2.24) is 4.57 Å². The normalized spacial score (nSPS) is 13.2. The number of fused-ring (bicyclic) bond motifs is 8. The van der Waals surface area contributed by atoms with Crippen molar-refractivity contribution in [2.24, 2.45) is 27.0 Å². The average molecular weight is 812 g/mol. The van der Waals surface area contributed by atoms with Gasteiger partial charge in [0, 0.05) is 17.8 Å². The van der Waals surface area contributed by atoms with Gasteiger partial charge in [0.15, 0.2) is 0 Å². The molecule has 1 aliphatic heterocycles. The van der Waals surface area contributed by atoms with Crippen LogP contribution in [0, 0.1) is 111 Å². The van der Waals surface area contributed by atoms with E-state index in [1.54, 1.807) is 0 Å². The van der Waals surface area contributed by atoms with E-state index in [1.165, 1.54) is 143 Å². The molecular weight excluding hydrogens is 745 g/mol. The van der Waals surface area contributed by atoms with Gasteiger partial charge in [0.2, 0.25) is 0 Å². The molecule has 2 heterocycles. The molecule has 6 nitrogen and oxygen atoms in total. The minimum atomic E-state index is 0. The van der Waals surface area contributed by atoms with Crippen molar-refractivity contribution in [3.63, 3.8) is 0 Å². The van der Waals surface area contributed by atoms with Crippen molar-refractivity contribution in [2.75, 3.05) is 14.1 Å². The van der Waals surface area contributed by atoms with Gasteiger partial charge in [-0.2, -0.15) is 0 Å². The molecule has 0 atom stereocenters. The van der Waals surface area contributed by atoms with Gasteiger partial charge in [-0.3, -0.25) is 0 Å². The van der Waals surface area contributed by atoms with E-state index in [0.717, 1.165) is 34.1 Å². The molecule has 0 saturated heterocycles. The summed E-state index contributed by atoms with van der Waals surface area (Å²) in [5.74, 6) is 3.59. The number of amidine groups is 2. The van der Waals surface area contributed by atoms with Gasteiger partial charge in [-0.15, -0.1) is 9.98 Å². The summed E-state index contributed by atoms with van der Waals surface area (Å²) in [5.41, 5.74) is 24.0. The minimum absolute atomic E-state index is 0. The predicted molar refractivity (Wildman–Crippen MR) is 273 cm³/mol. The fourth-order valence-corrected chi connectivity index (χ4v) is 11.3. The molecule has 0 N–H and O–H groups in total. The van der Waals surface area contributed by atoms with Gasteiger partial charge in [-0.05, 0) is 256 Å². The highest BCUT2D eigenvalue weighted by atomic mass is 15.1. The quantitative estimate of drug-likeness (QED) is 0.0949. The molecule has 316 valence electrons. The van der Waals surface area contributed by atoms with E-state index in [1.807, 2.05) is 25.7 Å². The molecule has 0 saturated carbocycles. The average Bonchev–Trinajstić information content (AvgIpc) is 3.69. The van der Waals surface area contributed by atoms with Crippen molar-refractivity contribution in [2.45, 2.75) is 118 Å². The van der Waals surface area contributed by atoms with Crippen LogP contribution in [0.3, 0.4) is 0 Å². The van der Waals surface area contributed by atoms with Crippen LogP contribution in [0.2, 0.25) is 0 Å². The highest BCUT2D eigenvalue weighted by Crippen LogP contribution is 2.49. The molecular formula is C55H67N6+. The Morgan fingerprint density at radius 1 is 0.361 bits per heavy atom. The van der Waals surface area contributed by atoms with E-state index in [-0.39, 0.29) is 7.43 Å². The molecule has 0 fully saturated rings. The smallest absolute Gasteiger partial charge is 0.270 e. The monoisotopic (exact) mass is 812 g/mol. The molecule has 0 bridgehead atoms. The Morgan fingerprint density at radius 2 is 0.639 bits per heavy atom. The molecule has 0 spiro atoms. The van der Waals surface area contributed by atoms with Crippen LogP contribution in [-0.2, 0) is 7.05 Å².